The average molecular weight is 304 g/mol. The lowest BCUT2D eigenvalue weighted by molar-refractivity contribution is 0.582. The molecule has 1 unspecified atom stereocenters. The lowest BCUT2D eigenvalue weighted by Crippen LogP contribution is -2.28. The van der Waals surface area contributed by atoms with Gasteiger partial charge < -0.3 is 0 Å². The van der Waals surface area contributed by atoms with Crippen LogP contribution in [0.4, 0.5) is 5.95 Å². The number of nitrogens with zero attached hydrogens (tertiary/aromatic N) is 5. The Balaban J connectivity index is 2.24. The van der Waals surface area contributed by atoms with Crippen LogP contribution in [0.25, 0.3) is 0 Å². The van der Waals surface area contributed by atoms with Crippen LogP contribution in [0.2, 0.25) is 0 Å². The van der Waals surface area contributed by atoms with Crippen LogP contribution >= 0.6 is 7.44 Å². The van der Waals surface area contributed by atoms with E-state index in [4.69, 9.17) is 0 Å². The van der Waals surface area contributed by atoms with E-state index in [0.717, 1.165) is 4.68 Å². The van der Waals surface area contributed by atoms with Crippen molar-refractivity contribution in [1.82, 2.24) is 14.9 Å². The van der Waals surface area contributed by atoms with E-state index in [-0.39, 0.29) is 11.6 Å². The first kappa shape index (κ1) is 13.5. The number of nitrogens with one attached hydrogen (secondary N) is 1. The van der Waals surface area contributed by atoms with Gasteiger partial charge in [0.05, 0.1) is 5.30 Å². The SMILES string of the molecule is C/C=N/N1c2nnc(C)c(=O)n2NP1(=O)c1ccccc1. The van der Waals surface area contributed by atoms with E-state index in [1.807, 2.05) is 6.07 Å². The Morgan fingerprint density at radius 1 is 1.29 bits per heavy atom. The van der Waals surface area contributed by atoms with Gasteiger partial charge in [-0.2, -0.15) is 14.6 Å². The molecule has 21 heavy (non-hydrogen) atoms. The summed E-state index contributed by atoms with van der Waals surface area (Å²) in [7, 11) is -3.33. The van der Waals surface area contributed by atoms with Gasteiger partial charge in [0.1, 0.15) is 5.69 Å². The maximum Gasteiger partial charge on any atom is 0.326 e. The Labute approximate surface area is 120 Å². The predicted octanol–water partition coefficient (Wildman–Crippen LogP) is 0.835. The third-order valence-electron chi connectivity index (χ3n) is 3.01. The molecule has 3 rings (SSSR count). The van der Waals surface area contributed by atoms with Gasteiger partial charge in [-0.3, -0.25) is 9.36 Å². The van der Waals surface area contributed by atoms with E-state index in [1.54, 1.807) is 38.1 Å². The normalized spacial score (nSPS) is 20.6. The highest BCUT2D eigenvalue weighted by Crippen LogP contribution is 2.52. The van der Waals surface area contributed by atoms with Gasteiger partial charge in [0.2, 0.25) is 0 Å². The van der Waals surface area contributed by atoms with Crippen LogP contribution in [-0.4, -0.2) is 21.1 Å². The van der Waals surface area contributed by atoms with E-state index in [9.17, 15) is 9.36 Å². The minimum Gasteiger partial charge on any atom is -0.267 e. The molecule has 1 atom stereocenters. The van der Waals surface area contributed by atoms with Gasteiger partial charge in [0.25, 0.3) is 11.5 Å². The maximum atomic E-state index is 13.3. The summed E-state index contributed by atoms with van der Waals surface area (Å²) in [6.07, 6.45) is 1.49. The second-order valence-corrected chi connectivity index (χ2v) is 6.65. The standard InChI is InChI=1S/C12H13N6O2P/c1-3-13-18-12-15-14-9(2)11(19)17(12)16-21(18,20)10-7-5-4-6-8-10/h3-8H,1-2H3,(H,16,20)/b13-3+. The Hall–Kier alpha value is -2.47. The molecule has 108 valence electrons. The van der Waals surface area contributed by atoms with Crippen molar-refractivity contribution in [2.45, 2.75) is 13.8 Å². The maximum absolute atomic E-state index is 13.3. The number of fused-ring (bicyclic) bond motifs is 1. The molecule has 1 aromatic heterocycles. The monoisotopic (exact) mass is 304 g/mol. The van der Waals surface area contributed by atoms with E-state index in [2.05, 4.69) is 20.5 Å². The highest BCUT2D eigenvalue weighted by molar-refractivity contribution is 7.74. The number of hydrogen-bond donors (Lipinski definition) is 1. The van der Waals surface area contributed by atoms with Crippen molar-refractivity contribution in [2.24, 2.45) is 5.10 Å². The fourth-order valence-corrected chi connectivity index (χ4v) is 4.09. The van der Waals surface area contributed by atoms with E-state index in [1.165, 1.54) is 11.0 Å². The second-order valence-electron chi connectivity index (χ2n) is 4.40. The van der Waals surface area contributed by atoms with Gasteiger partial charge in [-0.25, -0.2) is 5.20 Å². The molecule has 0 aliphatic carbocycles. The van der Waals surface area contributed by atoms with Crippen molar-refractivity contribution in [3.05, 3.63) is 46.4 Å². The minimum absolute atomic E-state index is 0.107. The molecular weight excluding hydrogens is 291 g/mol. The summed E-state index contributed by atoms with van der Waals surface area (Å²) in [4.78, 5) is 12.1. The van der Waals surface area contributed by atoms with Crippen molar-refractivity contribution in [3.63, 3.8) is 0 Å². The Morgan fingerprint density at radius 3 is 2.67 bits per heavy atom. The number of aryl methyl sites for hydroxylation is 1. The summed E-state index contributed by atoms with van der Waals surface area (Å²) < 4.78 is 15.7. The van der Waals surface area contributed by atoms with E-state index >= 15 is 0 Å². The van der Waals surface area contributed by atoms with Crippen LogP contribution < -0.4 is 20.8 Å². The molecule has 0 spiro atoms. The zero-order valence-corrected chi connectivity index (χ0v) is 12.4. The molecule has 0 saturated carbocycles. The topological polar surface area (TPSA) is 92.5 Å². The van der Waals surface area contributed by atoms with Crippen molar-refractivity contribution < 1.29 is 4.57 Å². The zero-order valence-electron chi connectivity index (χ0n) is 11.5. The fourth-order valence-electron chi connectivity index (χ4n) is 2.01. The van der Waals surface area contributed by atoms with Crippen LogP contribution in [0.1, 0.15) is 12.6 Å². The summed E-state index contributed by atoms with van der Waals surface area (Å²) in [5.74, 6) is 0.107. The lowest BCUT2D eigenvalue weighted by Gasteiger charge is -2.18. The van der Waals surface area contributed by atoms with Gasteiger partial charge in [0, 0.05) is 6.21 Å². The molecule has 0 radical (unpaired) electrons. The molecule has 1 aromatic carbocycles. The van der Waals surface area contributed by atoms with E-state index < -0.39 is 13.0 Å². The van der Waals surface area contributed by atoms with Crippen molar-refractivity contribution in [3.8, 4) is 0 Å². The molecule has 1 aliphatic heterocycles. The molecular formula is C12H13N6O2P. The van der Waals surface area contributed by atoms with Crippen LogP contribution in [0.5, 0.6) is 0 Å². The summed E-state index contributed by atoms with van der Waals surface area (Å²) in [5.41, 5.74) is -0.182. The number of hydrazone groups is 1. The van der Waals surface area contributed by atoms with Crippen LogP contribution in [0, 0.1) is 6.92 Å². The van der Waals surface area contributed by atoms with Crippen molar-refractivity contribution >= 4 is 24.9 Å². The van der Waals surface area contributed by atoms with Crippen LogP contribution in [0.15, 0.2) is 40.2 Å². The van der Waals surface area contributed by atoms with Gasteiger partial charge >= 0.3 is 7.44 Å². The molecule has 0 saturated heterocycles. The first-order chi connectivity index (χ1) is 10.1. The Kier molecular flexibility index (Phi) is 3.10. The number of hydrogen-bond acceptors (Lipinski definition) is 5. The summed E-state index contributed by atoms with van der Waals surface area (Å²) in [6, 6.07) is 8.79. The molecule has 1 N–H and O–H groups in total. The number of rotatable bonds is 2. The highest BCUT2D eigenvalue weighted by Gasteiger charge is 2.43. The first-order valence-corrected chi connectivity index (χ1v) is 7.93. The fraction of sp³-hybridized carbons (Fsp3) is 0.167. The summed E-state index contributed by atoms with van der Waals surface area (Å²) in [6.45, 7) is 3.24. The molecule has 9 heteroatoms. The summed E-state index contributed by atoms with van der Waals surface area (Å²) >= 11 is 0. The number of aromatic nitrogens is 3. The molecule has 8 nitrogen and oxygen atoms in total. The van der Waals surface area contributed by atoms with Crippen molar-refractivity contribution in [1.29, 1.82) is 0 Å². The zero-order chi connectivity index (χ0) is 15.0. The highest BCUT2D eigenvalue weighted by atomic mass is 31.2. The van der Waals surface area contributed by atoms with Crippen molar-refractivity contribution in [2.75, 3.05) is 9.98 Å². The first-order valence-electron chi connectivity index (χ1n) is 6.27. The molecule has 2 aromatic rings. The smallest absolute Gasteiger partial charge is 0.267 e. The Bertz CT molecular complexity index is 816. The third kappa shape index (κ3) is 1.95. The van der Waals surface area contributed by atoms with Gasteiger partial charge in [-0.05, 0) is 26.0 Å². The largest absolute Gasteiger partial charge is 0.326 e. The molecule has 0 bridgehead atoms. The Morgan fingerprint density at radius 2 is 2.00 bits per heavy atom. The van der Waals surface area contributed by atoms with Gasteiger partial charge in [-0.1, -0.05) is 18.2 Å². The molecule has 0 amide bonds. The molecule has 2 heterocycles. The minimum atomic E-state index is -3.33. The number of benzene rings is 1. The van der Waals surface area contributed by atoms with Gasteiger partial charge in [-0.15, -0.1) is 10.2 Å². The summed E-state index contributed by atoms with van der Waals surface area (Å²) in [5, 5.41) is 15.1. The predicted molar refractivity (Wildman–Crippen MR) is 80.7 cm³/mol. The van der Waals surface area contributed by atoms with Gasteiger partial charge in [0.15, 0.2) is 0 Å². The quantitative estimate of drug-likeness (QED) is 0.652. The second kappa shape index (κ2) is 4.82. The van der Waals surface area contributed by atoms with Crippen LogP contribution in [0.3, 0.4) is 0 Å². The third-order valence-corrected chi connectivity index (χ3v) is 5.30. The lowest BCUT2D eigenvalue weighted by atomic mass is 10.4. The average Bonchev–Trinajstić information content (AvgIpc) is 2.79. The molecule has 0 fully saturated rings. The number of anilines is 1. The van der Waals surface area contributed by atoms with Crippen LogP contribution in [-0.2, 0) is 4.57 Å². The van der Waals surface area contributed by atoms with E-state index in [0.29, 0.717) is 5.30 Å². The molecule has 1 aliphatic rings.